The largest absolute Gasteiger partial charge is 0.396 e. The Morgan fingerprint density at radius 3 is 2.85 bits per heavy atom. The number of rotatable bonds is 6. The van der Waals surface area contributed by atoms with Crippen molar-refractivity contribution >= 4 is 23.3 Å². The predicted octanol–water partition coefficient (Wildman–Crippen LogP) is 1.79. The number of carbonyl (C=O) groups excluding carboxylic acids is 1. The molecule has 1 aliphatic heterocycles. The highest BCUT2D eigenvalue weighted by atomic mass is 35.5. The van der Waals surface area contributed by atoms with Crippen LogP contribution in [0.5, 0.6) is 0 Å². The summed E-state index contributed by atoms with van der Waals surface area (Å²) in [5, 5.41) is 13.1. The fraction of sp³-hybridized carbons (Fsp3) is 0.389. The van der Waals surface area contributed by atoms with Crippen molar-refractivity contribution in [1.82, 2.24) is 14.9 Å². The van der Waals surface area contributed by atoms with Crippen LogP contribution in [0, 0.1) is 0 Å². The molecular formula is C18H21ClN4O3. The second-order valence-corrected chi connectivity index (χ2v) is 6.41. The lowest BCUT2D eigenvalue weighted by Gasteiger charge is -2.26. The van der Waals surface area contributed by atoms with Gasteiger partial charge in [0.1, 0.15) is 5.82 Å². The molecule has 8 heteroatoms. The van der Waals surface area contributed by atoms with E-state index in [0.717, 1.165) is 5.56 Å². The van der Waals surface area contributed by atoms with E-state index in [2.05, 4.69) is 15.3 Å². The predicted molar refractivity (Wildman–Crippen MR) is 98.5 cm³/mol. The van der Waals surface area contributed by atoms with Crippen molar-refractivity contribution < 1.29 is 14.6 Å². The molecule has 3 rings (SSSR count). The summed E-state index contributed by atoms with van der Waals surface area (Å²) >= 11 is 6.29. The molecule has 0 bridgehead atoms. The van der Waals surface area contributed by atoms with Gasteiger partial charge in [0.25, 0.3) is 5.91 Å². The number of halogens is 1. The Hall–Kier alpha value is -2.22. The lowest BCUT2D eigenvalue weighted by Crippen LogP contribution is -2.40. The summed E-state index contributed by atoms with van der Waals surface area (Å²) in [6.45, 7) is 2.65. The van der Waals surface area contributed by atoms with Gasteiger partial charge in [0.15, 0.2) is 0 Å². The maximum absolute atomic E-state index is 12.5. The molecule has 1 saturated heterocycles. The number of hydrogen-bond donors (Lipinski definition) is 2. The molecule has 0 saturated carbocycles. The molecule has 2 aromatic heterocycles. The quantitative estimate of drug-likeness (QED) is 0.799. The number of aromatic nitrogens is 2. The number of morpholine rings is 1. The molecule has 1 atom stereocenters. The van der Waals surface area contributed by atoms with Crippen LogP contribution >= 0.6 is 11.6 Å². The van der Waals surface area contributed by atoms with Crippen LogP contribution in [-0.2, 0) is 4.74 Å². The van der Waals surface area contributed by atoms with E-state index in [4.69, 9.17) is 16.3 Å². The Morgan fingerprint density at radius 1 is 1.38 bits per heavy atom. The van der Waals surface area contributed by atoms with Crippen LogP contribution in [0.2, 0.25) is 5.02 Å². The minimum absolute atomic E-state index is 0.0239. The third-order valence-electron chi connectivity index (χ3n) is 4.28. The molecule has 0 aromatic carbocycles. The number of amides is 1. The number of ether oxygens (including phenoxy) is 1. The van der Waals surface area contributed by atoms with Gasteiger partial charge in [-0.15, -0.1) is 0 Å². The first kappa shape index (κ1) is 18.6. The van der Waals surface area contributed by atoms with Gasteiger partial charge >= 0.3 is 0 Å². The SMILES string of the molecule is O=C(c1cnc(NCC(CO)c2cccnc2)c(Cl)c1)N1CCOCC1. The number of nitrogens with one attached hydrogen (secondary N) is 1. The van der Waals surface area contributed by atoms with Gasteiger partial charge in [-0.3, -0.25) is 9.78 Å². The standard InChI is InChI=1S/C18H21ClN4O3/c19-16-8-14(18(25)23-4-6-26-7-5-23)10-21-17(16)22-11-15(12-24)13-2-1-3-20-9-13/h1-3,8-10,15,24H,4-7,11-12H2,(H,21,22). The van der Waals surface area contributed by atoms with Crippen LogP contribution < -0.4 is 5.32 Å². The monoisotopic (exact) mass is 376 g/mol. The minimum atomic E-state index is -0.128. The number of anilines is 1. The van der Waals surface area contributed by atoms with E-state index >= 15 is 0 Å². The van der Waals surface area contributed by atoms with E-state index in [9.17, 15) is 9.90 Å². The maximum atomic E-state index is 12.5. The van der Waals surface area contributed by atoms with Crippen molar-refractivity contribution in [3.8, 4) is 0 Å². The van der Waals surface area contributed by atoms with Crippen LogP contribution in [0.1, 0.15) is 21.8 Å². The van der Waals surface area contributed by atoms with E-state index in [1.54, 1.807) is 23.4 Å². The van der Waals surface area contributed by atoms with Gasteiger partial charge in [0.2, 0.25) is 0 Å². The molecule has 26 heavy (non-hydrogen) atoms. The molecule has 3 heterocycles. The molecule has 1 amide bonds. The van der Waals surface area contributed by atoms with Crippen LogP contribution in [-0.4, -0.2) is 65.3 Å². The van der Waals surface area contributed by atoms with Gasteiger partial charge in [0.05, 0.1) is 30.4 Å². The molecule has 0 spiro atoms. The summed E-state index contributed by atoms with van der Waals surface area (Å²) < 4.78 is 5.26. The van der Waals surface area contributed by atoms with Crippen LogP contribution in [0.4, 0.5) is 5.82 Å². The second kappa shape index (κ2) is 8.93. The highest BCUT2D eigenvalue weighted by molar-refractivity contribution is 6.33. The minimum Gasteiger partial charge on any atom is -0.396 e. The van der Waals surface area contributed by atoms with E-state index in [-0.39, 0.29) is 18.4 Å². The molecular weight excluding hydrogens is 356 g/mol. The first-order valence-electron chi connectivity index (χ1n) is 8.46. The number of pyridine rings is 2. The maximum Gasteiger partial charge on any atom is 0.255 e. The van der Waals surface area contributed by atoms with Gasteiger partial charge in [0, 0.05) is 44.1 Å². The van der Waals surface area contributed by atoms with E-state index in [1.165, 1.54) is 6.20 Å². The summed E-state index contributed by atoms with van der Waals surface area (Å²) in [5.74, 6) is 0.251. The molecule has 2 N–H and O–H groups in total. The third kappa shape index (κ3) is 4.49. The van der Waals surface area contributed by atoms with Gasteiger partial charge in [-0.1, -0.05) is 17.7 Å². The lowest BCUT2D eigenvalue weighted by molar-refractivity contribution is 0.0302. The summed E-state index contributed by atoms with van der Waals surface area (Å²) in [7, 11) is 0. The van der Waals surface area contributed by atoms with Gasteiger partial charge in [-0.05, 0) is 17.7 Å². The van der Waals surface area contributed by atoms with Gasteiger partial charge < -0.3 is 20.1 Å². The highest BCUT2D eigenvalue weighted by Crippen LogP contribution is 2.23. The van der Waals surface area contributed by atoms with E-state index in [1.807, 2.05) is 12.1 Å². The summed E-state index contributed by atoms with van der Waals surface area (Å²) in [6.07, 6.45) is 4.93. The number of nitrogens with zero attached hydrogens (tertiary/aromatic N) is 3. The second-order valence-electron chi connectivity index (χ2n) is 6.01. The molecule has 0 radical (unpaired) electrons. The zero-order valence-electron chi connectivity index (χ0n) is 14.3. The zero-order valence-corrected chi connectivity index (χ0v) is 15.0. The number of aliphatic hydroxyl groups is 1. The van der Waals surface area contributed by atoms with Crippen molar-refractivity contribution in [1.29, 1.82) is 0 Å². The number of carbonyl (C=O) groups is 1. The molecule has 0 aliphatic carbocycles. The Morgan fingerprint density at radius 2 is 2.19 bits per heavy atom. The van der Waals surface area contributed by atoms with Crippen molar-refractivity contribution in [2.45, 2.75) is 5.92 Å². The Bertz CT molecular complexity index is 738. The molecule has 138 valence electrons. The molecule has 1 fully saturated rings. The van der Waals surface area contributed by atoms with Crippen molar-refractivity contribution in [2.24, 2.45) is 0 Å². The van der Waals surface area contributed by atoms with E-state index < -0.39 is 0 Å². The summed E-state index contributed by atoms with van der Waals surface area (Å²) in [5.41, 5.74) is 1.38. The molecule has 1 aliphatic rings. The molecule has 2 aromatic rings. The van der Waals surface area contributed by atoms with Crippen LogP contribution in [0.15, 0.2) is 36.8 Å². The topological polar surface area (TPSA) is 87.6 Å². The van der Waals surface area contributed by atoms with Crippen LogP contribution in [0.25, 0.3) is 0 Å². The van der Waals surface area contributed by atoms with E-state index in [0.29, 0.717) is 49.3 Å². The van der Waals surface area contributed by atoms with Gasteiger partial charge in [-0.2, -0.15) is 0 Å². The van der Waals surface area contributed by atoms with Gasteiger partial charge in [-0.25, -0.2) is 4.98 Å². The molecule has 1 unspecified atom stereocenters. The zero-order chi connectivity index (χ0) is 18.4. The lowest BCUT2D eigenvalue weighted by atomic mass is 10.0. The van der Waals surface area contributed by atoms with Crippen molar-refractivity contribution in [2.75, 3.05) is 44.8 Å². The normalized spacial score (nSPS) is 15.5. The van der Waals surface area contributed by atoms with Crippen LogP contribution in [0.3, 0.4) is 0 Å². The fourth-order valence-corrected chi connectivity index (χ4v) is 2.99. The molecule has 7 nitrogen and oxygen atoms in total. The average molecular weight is 377 g/mol. The highest BCUT2D eigenvalue weighted by Gasteiger charge is 2.20. The Labute approximate surface area is 157 Å². The van der Waals surface area contributed by atoms with Crippen molar-refractivity contribution in [3.05, 3.63) is 52.9 Å². The Balaban J connectivity index is 1.65. The average Bonchev–Trinajstić information content (AvgIpc) is 2.70. The Kier molecular flexibility index (Phi) is 6.38. The first-order valence-corrected chi connectivity index (χ1v) is 8.84. The first-order chi connectivity index (χ1) is 12.7. The smallest absolute Gasteiger partial charge is 0.255 e. The summed E-state index contributed by atoms with van der Waals surface area (Å²) in [4.78, 5) is 22.5. The summed E-state index contributed by atoms with van der Waals surface area (Å²) in [6, 6.07) is 5.36. The fourth-order valence-electron chi connectivity index (χ4n) is 2.76. The number of aliphatic hydroxyl groups excluding tert-OH is 1. The number of hydrogen-bond acceptors (Lipinski definition) is 6. The van der Waals surface area contributed by atoms with Crippen molar-refractivity contribution in [3.63, 3.8) is 0 Å². The third-order valence-corrected chi connectivity index (χ3v) is 4.57.